The second-order valence-electron chi connectivity index (χ2n) is 37.6. The minimum atomic E-state index is -0.745. The topological polar surface area (TPSA) is 6.48 Å². The smallest absolute Gasteiger partial charge is 0.0701 e. The van der Waals surface area contributed by atoms with Gasteiger partial charge in [-0.1, -0.05) is 306 Å². The molecule has 2 nitrogen and oxygen atoms in total. The van der Waals surface area contributed by atoms with E-state index in [1.807, 2.05) is 0 Å². The second kappa shape index (κ2) is 28.6. The van der Waals surface area contributed by atoms with E-state index in [1.54, 1.807) is 0 Å². The third-order valence-corrected chi connectivity index (χ3v) is 31.5. The Hall–Kier alpha value is -12.9. The first-order valence-electron chi connectivity index (χ1n) is 45.8. The van der Waals surface area contributed by atoms with Gasteiger partial charge < -0.3 is 9.80 Å². The Morgan fingerprint density at radius 1 is 0.187 bits per heavy atom. The molecule has 596 valence electrons. The quantitative estimate of drug-likeness (QED) is 0.100. The number of anilines is 6. The van der Waals surface area contributed by atoms with Crippen molar-refractivity contribution in [2.45, 2.75) is 158 Å². The summed E-state index contributed by atoms with van der Waals surface area (Å²) in [4.78, 5) is 5.10. The first-order chi connectivity index (χ1) is 60.5. The molecule has 8 aliphatic carbocycles. The summed E-state index contributed by atoms with van der Waals surface area (Å²) < 4.78 is 0. The summed E-state index contributed by atoms with van der Waals surface area (Å²) in [5, 5.41) is 0. The standard InChI is InChI=1S/C121H102N2/c1-79-71-83(87-39-55-101-97-31-11-15-35-105(97)117(109(101)75-87)63-19-20-64-117)43-59-113(79)122(114-60-44-84(72-80(114)2)88-40-56-102-98-32-12-16-36-106(98)118(110(102)76-88)65-21-22-66-118)95-51-47-93(48-52-95)121(91-27-7-5-8-28-91,92-29-9-6-10-30-92)94-49-53-96(54-50-94)123(115-61-45-85(73-81(115)3)89-41-57-103-99-33-13-17-37-107(99)119(111(103)77-89)67-23-24-68-119)116-62-46-86(74-82(116)4)90-42-58-104-100-34-14-18-38-108(100)120(112(104)78-90)69-25-26-70-120/h5-18,27-62,71-78H,19-26,63-70H2,1-4H3. The van der Waals surface area contributed by atoms with Crippen molar-refractivity contribution in [2.75, 3.05) is 9.80 Å². The molecule has 24 rings (SSSR count). The van der Waals surface area contributed by atoms with Crippen LogP contribution in [0.3, 0.4) is 0 Å². The fourth-order valence-electron chi connectivity index (χ4n) is 25.9. The van der Waals surface area contributed by atoms with Crippen molar-refractivity contribution in [2.24, 2.45) is 0 Å². The number of nitrogens with zero attached hydrogens (tertiary/aromatic N) is 2. The van der Waals surface area contributed by atoms with Crippen LogP contribution in [0, 0.1) is 27.7 Å². The van der Waals surface area contributed by atoms with Crippen LogP contribution in [0.4, 0.5) is 34.1 Å². The highest BCUT2D eigenvalue weighted by molar-refractivity contribution is 5.92. The average molecular weight is 1580 g/mol. The Balaban J connectivity index is 0.629. The molecule has 8 aliphatic rings. The molecule has 123 heavy (non-hydrogen) atoms. The van der Waals surface area contributed by atoms with Gasteiger partial charge in [0.15, 0.2) is 0 Å². The molecule has 0 amide bonds. The molecule has 0 aliphatic heterocycles. The van der Waals surface area contributed by atoms with Gasteiger partial charge in [0.25, 0.3) is 0 Å². The molecule has 4 fully saturated rings. The van der Waals surface area contributed by atoms with E-state index in [1.165, 1.54) is 281 Å². The molecule has 0 heterocycles. The molecule has 0 bridgehead atoms. The number of benzene rings is 16. The highest BCUT2D eigenvalue weighted by Gasteiger charge is 2.50. The molecule has 4 saturated carbocycles. The lowest BCUT2D eigenvalue weighted by Crippen LogP contribution is -2.31. The van der Waals surface area contributed by atoms with Crippen LogP contribution < -0.4 is 9.80 Å². The Morgan fingerprint density at radius 2 is 0.390 bits per heavy atom. The lowest BCUT2D eigenvalue weighted by molar-refractivity contribution is 0.550. The van der Waals surface area contributed by atoms with Crippen molar-refractivity contribution in [3.63, 3.8) is 0 Å². The maximum atomic E-state index is 2.56. The predicted molar refractivity (Wildman–Crippen MR) is 514 cm³/mol. The zero-order chi connectivity index (χ0) is 81.9. The van der Waals surface area contributed by atoms with Crippen molar-refractivity contribution < 1.29 is 0 Å². The van der Waals surface area contributed by atoms with E-state index in [2.05, 4.69) is 389 Å². The monoisotopic (exact) mass is 1580 g/mol. The summed E-state index contributed by atoms with van der Waals surface area (Å²) in [7, 11) is 0. The van der Waals surface area contributed by atoms with E-state index in [9.17, 15) is 0 Å². The average Bonchev–Trinajstić information content (AvgIpc) is 1.47. The second-order valence-corrected chi connectivity index (χ2v) is 37.6. The van der Waals surface area contributed by atoms with Gasteiger partial charge in [-0.25, -0.2) is 0 Å². The fraction of sp³-hybridized carbons (Fsp3) is 0.207. The Labute approximate surface area is 726 Å². The Morgan fingerprint density at radius 3 is 0.634 bits per heavy atom. The summed E-state index contributed by atoms with van der Waals surface area (Å²) in [5.74, 6) is 0. The van der Waals surface area contributed by atoms with Crippen LogP contribution in [0.25, 0.3) is 89.0 Å². The van der Waals surface area contributed by atoms with E-state index in [0.29, 0.717) is 0 Å². The highest BCUT2D eigenvalue weighted by atomic mass is 15.2. The largest absolute Gasteiger partial charge is 0.310 e. The molecule has 4 spiro atoms. The first-order valence-corrected chi connectivity index (χ1v) is 45.8. The summed E-state index contributed by atoms with van der Waals surface area (Å²) >= 11 is 0. The van der Waals surface area contributed by atoms with E-state index in [-0.39, 0.29) is 21.7 Å². The van der Waals surface area contributed by atoms with Gasteiger partial charge in [0.05, 0.1) is 5.41 Å². The van der Waals surface area contributed by atoms with Gasteiger partial charge in [0, 0.05) is 55.8 Å². The Bertz CT molecular complexity index is 6180. The van der Waals surface area contributed by atoms with Crippen LogP contribution in [0.15, 0.2) is 352 Å². The molecule has 0 atom stereocenters. The highest BCUT2D eigenvalue weighted by Crippen LogP contribution is 2.63. The maximum Gasteiger partial charge on any atom is 0.0701 e. The number of fused-ring (bicyclic) bond motifs is 20. The van der Waals surface area contributed by atoms with Crippen molar-refractivity contribution >= 4 is 34.1 Å². The number of aryl methyl sites for hydroxylation is 4. The third-order valence-electron chi connectivity index (χ3n) is 31.5. The lowest BCUT2D eigenvalue weighted by Gasteiger charge is -2.38. The van der Waals surface area contributed by atoms with E-state index < -0.39 is 5.41 Å². The lowest BCUT2D eigenvalue weighted by atomic mass is 9.65. The Kier molecular flexibility index (Phi) is 17.2. The van der Waals surface area contributed by atoms with Gasteiger partial charge in [-0.15, -0.1) is 0 Å². The first kappa shape index (κ1) is 74.0. The zero-order valence-electron chi connectivity index (χ0n) is 71.2. The molecule has 2 heteroatoms. The number of hydrogen-bond acceptors (Lipinski definition) is 2. The fourth-order valence-corrected chi connectivity index (χ4v) is 25.9. The minimum absolute atomic E-state index is 0.0887. The summed E-state index contributed by atoms with van der Waals surface area (Å²) in [6.45, 7) is 9.32. The van der Waals surface area contributed by atoms with Crippen LogP contribution in [-0.4, -0.2) is 0 Å². The molecular formula is C121H102N2. The van der Waals surface area contributed by atoms with Gasteiger partial charge in [-0.3, -0.25) is 0 Å². The van der Waals surface area contributed by atoms with Crippen molar-refractivity contribution in [3.05, 3.63) is 441 Å². The predicted octanol–water partition coefficient (Wildman–Crippen LogP) is 32.3. The summed E-state index contributed by atoms with van der Waals surface area (Å²) in [6, 6.07) is 138. The van der Waals surface area contributed by atoms with Crippen molar-refractivity contribution in [1.82, 2.24) is 0 Å². The van der Waals surface area contributed by atoms with E-state index in [4.69, 9.17) is 0 Å². The molecule has 16 aromatic rings. The zero-order valence-corrected chi connectivity index (χ0v) is 71.2. The molecule has 0 N–H and O–H groups in total. The summed E-state index contributed by atoms with van der Waals surface area (Å²) in [6.07, 6.45) is 19.9. The van der Waals surface area contributed by atoms with E-state index >= 15 is 0 Å². The minimum Gasteiger partial charge on any atom is -0.310 e. The molecule has 0 aromatic heterocycles. The van der Waals surface area contributed by atoms with Crippen LogP contribution in [0.5, 0.6) is 0 Å². The summed E-state index contributed by atoms with van der Waals surface area (Å²) in [5.41, 5.74) is 49.8. The third kappa shape index (κ3) is 11.1. The molecule has 0 radical (unpaired) electrons. The van der Waals surface area contributed by atoms with Crippen LogP contribution >= 0.6 is 0 Å². The van der Waals surface area contributed by atoms with Gasteiger partial charge in [-0.05, 0) is 354 Å². The number of hydrogen-bond donors (Lipinski definition) is 0. The normalized spacial score (nSPS) is 16.4. The van der Waals surface area contributed by atoms with Gasteiger partial charge in [-0.2, -0.15) is 0 Å². The number of rotatable bonds is 14. The van der Waals surface area contributed by atoms with Gasteiger partial charge in [0.2, 0.25) is 0 Å². The molecule has 0 saturated heterocycles. The van der Waals surface area contributed by atoms with Crippen molar-refractivity contribution in [1.29, 1.82) is 0 Å². The molecule has 0 unspecified atom stereocenters. The van der Waals surface area contributed by atoms with Gasteiger partial charge >= 0.3 is 0 Å². The molecule has 16 aromatic carbocycles. The van der Waals surface area contributed by atoms with E-state index in [0.717, 1.165) is 34.1 Å². The van der Waals surface area contributed by atoms with Crippen LogP contribution in [0.2, 0.25) is 0 Å². The SMILES string of the molecule is Cc1cc(-c2ccc3c(c2)C2(CCCC2)c2ccccc2-3)ccc1N(c1ccc(C(c2ccccc2)(c2ccccc2)c2ccc(N(c3ccc(-c4ccc5c(c4)C4(CCCC4)c4ccccc4-5)cc3C)c3ccc(-c4ccc5c(c4)C4(CCCC4)c4ccccc4-5)cc3C)cc2)cc1)c1ccc(-c2ccc3c(c2)C2(CCCC2)c2ccccc2-3)cc1C. The molecular weight excluding hydrogens is 1480 g/mol. The van der Waals surface area contributed by atoms with Crippen LogP contribution in [0.1, 0.15) is 192 Å². The van der Waals surface area contributed by atoms with Crippen molar-refractivity contribution in [3.8, 4) is 89.0 Å². The van der Waals surface area contributed by atoms with Crippen LogP contribution in [-0.2, 0) is 27.1 Å². The maximum absolute atomic E-state index is 2.56. The van der Waals surface area contributed by atoms with Gasteiger partial charge in [0.1, 0.15) is 0 Å².